The number of aryl methyl sites for hydroxylation is 2. The Morgan fingerprint density at radius 3 is 2.45 bits per heavy atom. The Bertz CT molecular complexity index is 747. The molecule has 4 heteroatoms. The molecule has 0 amide bonds. The van der Waals surface area contributed by atoms with Crippen LogP contribution in [0.4, 0.5) is 0 Å². The summed E-state index contributed by atoms with van der Waals surface area (Å²) < 4.78 is 1.08. The fraction of sp³-hybridized carbons (Fsp3) is 0.125. The van der Waals surface area contributed by atoms with Gasteiger partial charge in [0.15, 0.2) is 0 Å². The van der Waals surface area contributed by atoms with Crippen molar-refractivity contribution in [3.63, 3.8) is 0 Å². The summed E-state index contributed by atoms with van der Waals surface area (Å²) >= 11 is 5.16. The van der Waals surface area contributed by atoms with E-state index in [1.807, 2.05) is 24.4 Å². The van der Waals surface area contributed by atoms with Gasteiger partial charge in [-0.05, 0) is 37.6 Å². The lowest BCUT2D eigenvalue weighted by Gasteiger charge is -2.00. The van der Waals surface area contributed by atoms with Crippen molar-refractivity contribution in [1.82, 2.24) is 9.97 Å². The molecule has 2 aromatic heterocycles. The molecule has 0 aliphatic heterocycles. The largest absolute Gasteiger partial charge is 0.253 e. The van der Waals surface area contributed by atoms with Crippen LogP contribution < -0.4 is 0 Å². The maximum absolute atomic E-state index is 4.78. The molecule has 0 unspecified atom stereocenters. The summed E-state index contributed by atoms with van der Waals surface area (Å²) in [5.74, 6) is 0. The topological polar surface area (TPSA) is 25.8 Å². The molecule has 2 heterocycles. The molecule has 1 aromatic carbocycles. The van der Waals surface area contributed by atoms with E-state index in [2.05, 4.69) is 53.0 Å². The van der Waals surface area contributed by atoms with Gasteiger partial charge < -0.3 is 0 Å². The molecule has 0 saturated heterocycles. The van der Waals surface area contributed by atoms with Crippen LogP contribution in [0.5, 0.6) is 0 Å². The molecule has 20 heavy (non-hydrogen) atoms. The minimum atomic E-state index is 0.976. The van der Waals surface area contributed by atoms with E-state index in [9.17, 15) is 0 Å². The van der Waals surface area contributed by atoms with Gasteiger partial charge >= 0.3 is 0 Å². The zero-order valence-electron chi connectivity index (χ0n) is 11.2. The average molecular weight is 345 g/mol. The molecule has 0 saturated carbocycles. The van der Waals surface area contributed by atoms with Crippen LogP contribution in [0.25, 0.3) is 22.0 Å². The van der Waals surface area contributed by atoms with E-state index in [4.69, 9.17) is 4.98 Å². The Hall–Kier alpha value is -1.52. The lowest BCUT2D eigenvalue weighted by molar-refractivity contribution is 1.24. The molecule has 0 radical (unpaired) electrons. The zero-order valence-corrected chi connectivity index (χ0v) is 13.6. The summed E-state index contributed by atoms with van der Waals surface area (Å²) in [6.45, 7) is 4.18. The first-order valence-electron chi connectivity index (χ1n) is 6.30. The maximum Gasteiger partial charge on any atom is 0.143 e. The van der Waals surface area contributed by atoms with E-state index in [-0.39, 0.29) is 0 Å². The van der Waals surface area contributed by atoms with Crippen LogP contribution in [-0.4, -0.2) is 9.97 Å². The highest BCUT2D eigenvalue weighted by Gasteiger charge is 2.13. The average Bonchev–Trinajstić information content (AvgIpc) is 2.82. The fourth-order valence-corrected chi connectivity index (χ4v) is 3.34. The van der Waals surface area contributed by atoms with E-state index < -0.39 is 0 Å². The Morgan fingerprint density at radius 1 is 1.00 bits per heavy atom. The number of hydrogen-bond acceptors (Lipinski definition) is 3. The monoisotopic (exact) mass is 344 g/mol. The number of halogens is 1. The van der Waals surface area contributed by atoms with Gasteiger partial charge in [0.25, 0.3) is 0 Å². The molecule has 0 N–H and O–H groups in total. The SMILES string of the molecule is Cc1cccnc1-c1nc(-c2ccc(Br)cc2)c(C)s1. The second kappa shape index (κ2) is 5.46. The fourth-order valence-electron chi connectivity index (χ4n) is 2.08. The standard InChI is InChI=1S/C16H13BrN2S/c1-10-4-3-9-18-14(10)16-19-15(11(2)20-16)12-5-7-13(17)8-6-12/h3-9H,1-2H3. The van der Waals surface area contributed by atoms with Gasteiger partial charge in [0.2, 0.25) is 0 Å². The van der Waals surface area contributed by atoms with Crippen molar-refractivity contribution in [2.24, 2.45) is 0 Å². The van der Waals surface area contributed by atoms with Gasteiger partial charge in [-0.25, -0.2) is 4.98 Å². The first-order valence-corrected chi connectivity index (χ1v) is 7.91. The lowest BCUT2D eigenvalue weighted by Crippen LogP contribution is -1.86. The summed E-state index contributed by atoms with van der Waals surface area (Å²) in [6.07, 6.45) is 1.82. The second-order valence-corrected chi connectivity index (χ2v) is 6.72. The van der Waals surface area contributed by atoms with Gasteiger partial charge in [-0.2, -0.15) is 0 Å². The Balaban J connectivity index is 2.08. The molecule has 0 aliphatic carbocycles. The molecule has 0 bridgehead atoms. The van der Waals surface area contributed by atoms with Gasteiger partial charge in [-0.3, -0.25) is 4.98 Å². The van der Waals surface area contributed by atoms with E-state index in [0.29, 0.717) is 0 Å². The van der Waals surface area contributed by atoms with E-state index in [1.165, 1.54) is 4.88 Å². The van der Waals surface area contributed by atoms with Crippen LogP contribution >= 0.6 is 27.3 Å². The van der Waals surface area contributed by atoms with Crippen molar-refractivity contribution in [1.29, 1.82) is 0 Å². The van der Waals surface area contributed by atoms with E-state index >= 15 is 0 Å². The number of aromatic nitrogens is 2. The normalized spacial score (nSPS) is 10.8. The van der Waals surface area contributed by atoms with Crippen LogP contribution in [0.1, 0.15) is 10.4 Å². The zero-order chi connectivity index (χ0) is 14.1. The third kappa shape index (κ3) is 2.53. The summed E-state index contributed by atoms with van der Waals surface area (Å²) in [4.78, 5) is 10.4. The molecule has 100 valence electrons. The van der Waals surface area contributed by atoms with Gasteiger partial charge in [0.05, 0.1) is 5.69 Å². The molecule has 3 rings (SSSR count). The second-order valence-electron chi connectivity index (χ2n) is 4.60. The molecule has 0 spiro atoms. The Labute approximate surface area is 130 Å². The van der Waals surface area contributed by atoms with Gasteiger partial charge in [0, 0.05) is 21.1 Å². The lowest BCUT2D eigenvalue weighted by atomic mass is 10.1. The van der Waals surface area contributed by atoms with E-state index in [0.717, 1.165) is 32.0 Å². The van der Waals surface area contributed by atoms with Crippen LogP contribution in [0.3, 0.4) is 0 Å². The quantitative estimate of drug-likeness (QED) is 0.634. The highest BCUT2D eigenvalue weighted by molar-refractivity contribution is 9.10. The molecule has 0 atom stereocenters. The third-order valence-corrected chi connectivity index (χ3v) is 4.63. The molecule has 2 nitrogen and oxygen atoms in total. The number of thiazole rings is 1. The Morgan fingerprint density at radius 2 is 1.75 bits per heavy atom. The van der Waals surface area contributed by atoms with Crippen molar-refractivity contribution in [2.75, 3.05) is 0 Å². The summed E-state index contributed by atoms with van der Waals surface area (Å²) in [5, 5.41) is 0.985. The summed E-state index contributed by atoms with van der Waals surface area (Å²) in [7, 11) is 0. The van der Waals surface area contributed by atoms with Gasteiger partial charge in [0.1, 0.15) is 10.7 Å². The number of nitrogens with zero attached hydrogens (tertiary/aromatic N) is 2. The highest BCUT2D eigenvalue weighted by atomic mass is 79.9. The number of rotatable bonds is 2. The van der Waals surface area contributed by atoms with Crippen LogP contribution in [0.2, 0.25) is 0 Å². The predicted molar refractivity (Wildman–Crippen MR) is 88.0 cm³/mol. The maximum atomic E-state index is 4.78. The van der Waals surface area contributed by atoms with Crippen LogP contribution in [0, 0.1) is 13.8 Å². The summed E-state index contributed by atoms with van der Waals surface area (Å²) in [5.41, 5.74) is 4.32. The number of pyridine rings is 1. The van der Waals surface area contributed by atoms with Gasteiger partial charge in [-0.1, -0.05) is 34.1 Å². The van der Waals surface area contributed by atoms with Crippen molar-refractivity contribution >= 4 is 27.3 Å². The van der Waals surface area contributed by atoms with E-state index in [1.54, 1.807) is 11.3 Å². The molecule has 3 aromatic rings. The highest BCUT2D eigenvalue weighted by Crippen LogP contribution is 2.33. The van der Waals surface area contributed by atoms with Crippen molar-refractivity contribution < 1.29 is 0 Å². The minimum absolute atomic E-state index is 0.976. The molecular formula is C16H13BrN2S. The molecule has 0 aliphatic rings. The first-order chi connectivity index (χ1) is 9.65. The van der Waals surface area contributed by atoms with Crippen LogP contribution in [-0.2, 0) is 0 Å². The van der Waals surface area contributed by atoms with Crippen molar-refractivity contribution in [3.05, 3.63) is 57.5 Å². The number of benzene rings is 1. The molecular weight excluding hydrogens is 332 g/mol. The molecule has 0 fully saturated rings. The first kappa shape index (κ1) is 13.5. The third-order valence-electron chi connectivity index (χ3n) is 3.13. The van der Waals surface area contributed by atoms with Crippen LogP contribution in [0.15, 0.2) is 47.1 Å². The van der Waals surface area contributed by atoms with Gasteiger partial charge in [-0.15, -0.1) is 11.3 Å². The predicted octanol–water partition coefficient (Wildman–Crippen LogP) is 5.25. The van der Waals surface area contributed by atoms with Crippen molar-refractivity contribution in [3.8, 4) is 22.0 Å². The number of hydrogen-bond donors (Lipinski definition) is 0. The Kier molecular flexibility index (Phi) is 3.68. The van der Waals surface area contributed by atoms with Crippen molar-refractivity contribution in [2.45, 2.75) is 13.8 Å². The summed E-state index contributed by atoms with van der Waals surface area (Å²) in [6, 6.07) is 12.3. The minimum Gasteiger partial charge on any atom is -0.253 e. The smallest absolute Gasteiger partial charge is 0.143 e.